The number of halogens is 1. The minimum Gasteiger partial charge on any atom is -0.326 e. The zero-order valence-electron chi connectivity index (χ0n) is 14.8. The normalized spacial score (nSPS) is 11.5. The maximum atomic E-state index is 12.4. The molecule has 0 saturated carbocycles. The van der Waals surface area contributed by atoms with Crippen LogP contribution in [0.3, 0.4) is 0 Å². The van der Waals surface area contributed by atoms with Crippen LogP contribution in [0.2, 0.25) is 5.02 Å². The van der Waals surface area contributed by atoms with E-state index in [-0.39, 0.29) is 17.2 Å². The molecule has 0 radical (unpaired) electrons. The summed E-state index contributed by atoms with van der Waals surface area (Å²) in [6.45, 7) is 0. The van der Waals surface area contributed by atoms with Gasteiger partial charge in [-0.2, -0.15) is 0 Å². The predicted molar refractivity (Wildman–Crippen MR) is 119 cm³/mol. The highest BCUT2D eigenvalue weighted by Crippen LogP contribution is 2.28. The van der Waals surface area contributed by atoms with Crippen molar-refractivity contribution in [1.29, 1.82) is 0 Å². The van der Waals surface area contributed by atoms with Crippen LogP contribution in [0.1, 0.15) is 4.88 Å². The van der Waals surface area contributed by atoms with Crippen LogP contribution in [0.5, 0.6) is 0 Å². The molecule has 10 heteroatoms. The van der Waals surface area contributed by atoms with Gasteiger partial charge in [0.15, 0.2) is 5.13 Å². The summed E-state index contributed by atoms with van der Waals surface area (Å²) in [6.07, 6.45) is 1.74. The smallest absolute Gasteiger partial charge is 0.263 e. The average molecular weight is 464 g/mol. The third kappa shape index (κ3) is 4.76. The molecule has 6 nitrogen and oxygen atoms in total. The van der Waals surface area contributed by atoms with Crippen molar-refractivity contribution in [1.82, 2.24) is 4.98 Å². The van der Waals surface area contributed by atoms with Gasteiger partial charge >= 0.3 is 0 Å². The van der Waals surface area contributed by atoms with E-state index in [9.17, 15) is 13.2 Å². The van der Waals surface area contributed by atoms with Gasteiger partial charge in [-0.05, 0) is 53.9 Å². The molecular formula is C19H14ClN3O3S3. The zero-order valence-corrected chi connectivity index (χ0v) is 18.0. The van der Waals surface area contributed by atoms with Gasteiger partial charge in [-0.15, -0.1) is 22.7 Å². The number of amides is 1. The van der Waals surface area contributed by atoms with Gasteiger partial charge < -0.3 is 5.32 Å². The zero-order chi connectivity index (χ0) is 20.4. The van der Waals surface area contributed by atoms with E-state index in [4.69, 9.17) is 11.6 Å². The molecule has 29 heavy (non-hydrogen) atoms. The summed E-state index contributed by atoms with van der Waals surface area (Å²) < 4.78 is 28.2. The number of nitrogens with one attached hydrogen (secondary N) is 2. The van der Waals surface area contributed by atoms with Gasteiger partial charge in [0.25, 0.3) is 10.0 Å². The highest BCUT2D eigenvalue weighted by atomic mass is 35.5. The number of rotatable bonds is 6. The summed E-state index contributed by atoms with van der Waals surface area (Å²) in [5.41, 5.74) is 0.521. The SMILES string of the molecule is O=C(Cc1cc2cc(Cl)ccc2s1)Nc1ccc(S(=O)(=O)Nc2nccs2)cc1. The number of carbonyl (C=O) groups is 1. The van der Waals surface area contributed by atoms with Gasteiger partial charge in [0, 0.05) is 31.9 Å². The molecule has 0 spiro atoms. The number of aromatic nitrogens is 1. The van der Waals surface area contributed by atoms with Crippen molar-refractivity contribution in [3.63, 3.8) is 0 Å². The molecule has 0 saturated heterocycles. The summed E-state index contributed by atoms with van der Waals surface area (Å²) >= 11 is 8.73. The monoisotopic (exact) mass is 463 g/mol. The van der Waals surface area contributed by atoms with Crippen LogP contribution in [0.25, 0.3) is 10.1 Å². The fourth-order valence-corrected chi connectivity index (χ4v) is 5.70. The van der Waals surface area contributed by atoms with Gasteiger partial charge in [0.2, 0.25) is 5.91 Å². The Kier molecular flexibility index (Phi) is 5.55. The molecule has 0 fully saturated rings. The Morgan fingerprint density at radius 1 is 1.10 bits per heavy atom. The summed E-state index contributed by atoms with van der Waals surface area (Å²) in [7, 11) is -3.72. The van der Waals surface area contributed by atoms with Crippen molar-refractivity contribution in [3.8, 4) is 0 Å². The third-order valence-electron chi connectivity index (χ3n) is 3.97. The summed E-state index contributed by atoms with van der Waals surface area (Å²) in [6, 6.07) is 13.6. The minimum atomic E-state index is -3.72. The Labute approximate surface area is 180 Å². The molecule has 0 bridgehead atoms. The molecule has 148 valence electrons. The predicted octanol–water partition coefficient (Wildman–Crippen LogP) is 4.99. The van der Waals surface area contributed by atoms with Gasteiger partial charge in [0.05, 0.1) is 11.3 Å². The second-order valence-electron chi connectivity index (χ2n) is 6.09. The third-order valence-corrected chi connectivity index (χ3v) is 7.49. The number of hydrogen-bond acceptors (Lipinski definition) is 6. The summed E-state index contributed by atoms with van der Waals surface area (Å²) in [4.78, 5) is 17.3. The maximum absolute atomic E-state index is 12.4. The molecular weight excluding hydrogens is 450 g/mol. The first kappa shape index (κ1) is 19.8. The quantitative estimate of drug-likeness (QED) is 0.421. The van der Waals surface area contributed by atoms with Crippen molar-refractivity contribution in [2.45, 2.75) is 11.3 Å². The lowest BCUT2D eigenvalue weighted by Crippen LogP contribution is -2.15. The molecule has 0 aliphatic heterocycles. The molecule has 0 aliphatic rings. The number of nitrogens with zero attached hydrogens (tertiary/aromatic N) is 1. The Hall–Kier alpha value is -2.46. The van der Waals surface area contributed by atoms with Crippen LogP contribution >= 0.6 is 34.3 Å². The summed E-state index contributed by atoms with van der Waals surface area (Å²) in [5, 5.41) is 6.43. The van der Waals surface area contributed by atoms with Crippen molar-refractivity contribution < 1.29 is 13.2 Å². The second-order valence-corrected chi connectivity index (χ2v) is 10.3. The number of carbonyl (C=O) groups excluding carboxylic acids is 1. The lowest BCUT2D eigenvalue weighted by molar-refractivity contribution is -0.115. The highest BCUT2D eigenvalue weighted by molar-refractivity contribution is 7.93. The van der Waals surface area contributed by atoms with E-state index in [1.54, 1.807) is 28.8 Å². The van der Waals surface area contributed by atoms with Gasteiger partial charge in [-0.25, -0.2) is 13.4 Å². The molecule has 4 aromatic rings. The Bertz CT molecular complexity index is 1270. The first-order chi connectivity index (χ1) is 13.9. The fraction of sp³-hybridized carbons (Fsp3) is 0.0526. The van der Waals surface area contributed by atoms with Crippen molar-refractivity contribution in [3.05, 3.63) is 70.0 Å². The van der Waals surface area contributed by atoms with Crippen LogP contribution in [0.15, 0.2) is 65.0 Å². The molecule has 2 aromatic heterocycles. The molecule has 2 N–H and O–H groups in total. The maximum Gasteiger partial charge on any atom is 0.263 e. The van der Waals surface area contributed by atoms with Gasteiger partial charge in [-0.3, -0.25) is 9.52 Å². The number of fused-ring (bicyclic) bond motifs is 1. The Balaban J connectivity index is 1.41. The minimum absolute atomic E-state index is 0.0899. The van der Waals surface area contributed by atoms with Crippen LogP contribution in [-0.4, -0.2) is 19.3 Å². The molecule has 2 aromatic carbocycles. The number of hydrogen-bond donors (Lipinski definition) is 2. The number of thiophene rings is 1. The molecule has 0 unspecified atom stereocenters. The Morgan fingerprint density at radius 2 is 1.90 bits per heavy atom. The van der Waals surface area contributed by atoms with Crippen LogP contribution in [0.4, 0.5) is 10.8 Å². The van der Waals surface area contributed by atoms with E-state index in [2.05, 4.69) is 15.0 Å². The fourth-order valence-electron chi connectivity index (χ4n) is 2.68. The van der Waals surface area contributed by atoms with E-state index in [1.165, 1.54) is 29.7 Å². The summed E-state index contributed by atoms with van der Waals surface area (Å²) in [5.74, 6) is -0.181. The lowest BCUT2D eigenvalue weighted by Gasteiger charge is -2.07. The van der Waals surface area contributed by atoms with Gasteiger partial charge in [-0.1, -0.05) is 11.6 Å². The number of thiazole rings is 1. The number of anilines is 2. The first-order valence-corrected chi connectivity index (χ1v) is 11.9. The average Bonchev–Trinajstić information content (AvgIpc) is 3.30. The standard InChI is InChI=1S/C19H14ClN3O3S3/c20-13-1-6-17-12(9-13)10-15(28-17)11-18(24)22-14-2-4-16(5-3-14)29(25,26)23-19-21-7-8-27-19/h1-10H,11H2,(H,21,23)(H,22,24). The second kappa shape index (κ2) is 8.11. The van der Waals surface area contributed by atoms with Crippen LogP contribution in [-0.2, 0) is 21.2 Å². The van der Waals surface area contributed by atoms with E-state index < -0.39 is 10.0 Å². The van der Waals surface area contributed by atoms with Crippen molar-refractivity contribution in [2.24, 2.45) is 0 Å². The topological polar surface area (TPSA) is 88.2 Å². The van der Waals surface area contributed by atoms with E-state index in [0.29, 0.717) is 15.8 Å². The molecule has 0 aliphatic carbocycles. The highest BCUT2D eigenvalue weighted by Gasteiger charge is 2.15. The first-order valence-electron chi connectivity index (χ1n) is 8.39. The van der Waals surface area contributed by atoms with E-state index >= 15 is 0 Å². The van der Waals surface area contributed by atoms with Crippen molar-refractivity contribution >= 4 is 71.1 Å². The van der Waals surface area contributed by atoms with E-state index in [0.717, 1.165) is 15.0 Å². The van der Waals surface area contributed by atoms with Crippen molar-refractivity contribution in [2.75, 3.05) is 10.0 Å². The van der Waals surface area contributed by atoms with E-state index in [1.807, 2.05) is 24.3 Å². The molecule has 0 atom stereocenters. The van der Waals surface area contributed by atoms with Crippen LogP contribution in [0, 0.1) is 0 Å². The number of sulfonamides is 1. The largest absolute Gasteiger partial charge is 0.326 e. The molecule has 2 heterocycles. The molecule has 1 amide bonds. The Morgan fingerprint density at radius 3 is 2.62 bits per heavy atom. The van der Waals surface area contributed by atoms with Gasteiger partial charge in [0.1, 0.15) is 0 Å². The van der Waals surface area contributed by atoms with Crippen LogP contribution < -0.4 is 10.0 Å². The number of benzene rings is 2. The lowest BCUT2D eigenvalue weighted by atomic mass is 10.2. The molecule has 4 rings (SSSR count).